The normalized spacial score (nSPS) is 15.6. The van der Waals surface area contributed by atoms with Crippen molar-refractivity contribution in [2.75, 3.05) is 0 Å². The minimum Gasteiger partial charge on any atom is -0.334 e. The second-order valence-electron chi connectivity index (χ2n) is 4.84. The lowest BCUT2D eigenvalue weighted by Gasteiger charge is -2.25. The van der Waals surface area contributed by atoms with Crippen molar-refractivity contribution < 1.29 is 9.18 Å². The summed E-state index contributed by atoms with van der Waals surface area (Å²) in [5.74, 6) is 1.96. The quantitative estimate of drug-likeness (QED) is 0.819. The minimum atomic E-state index is -0.667. The number of nitrogens with two attached hydrogens (primary N) is 1. The van der Waals surface area contributed by atoms with Crippen LogP contribution >= 0.6 is 0 Å². The highest BCUT2D eigenvalue weighted by atomic mass is 19.1. The van der Waals surface area contributed by atoms with Crippen LogP contribution in [0.15, 0.2) is 24.3 Å². The van der Waals surface area contributed by atoms with Gasteiger partial charge in [-0.3, -0.25) is 4.79 Å². The average molecular weight is 260 g/mol. The summed E-state index contributed by atoms with van der Waals surface area (Å²) in [6.07, 6.45) is 7.36. The zero-order valence-electron chi connectivity index (χ0n) is 10.7. The molecule has 3 nitrogen and oxygen atoms in total. The lowest BCUT2D eigenvalue weighted by atomic mass is 10.1. The van der Waals surface area contributed by atoms with E-state index in [4.69, 9.17) is 12.2 Å². The third kappa shape index (κ3) is 3.55. The van der Waals surface area contributed by atoms with E-state index in [9.17, 15) is 9.18 Å². The van der Waals surface area contributed by atoms with Gasteiger partial charge in [0, 0.05) is 19.0 Å². The van der Waals surface area contributed by atoms with Gasteiger partial charge in [0.25, 0.3) is 0 Å². The molecule has 2 N–H and O–H groups in total. The van der Waals surface area contributed by atoms with Crippen molar-refractivity contribution in [1.82, 2.24) is 4.90 Å². The maximum atomic E-state index is 13.2. The second kappa shape index (κ2) is 5.85. The molecule has 0 bridgehead atoms. The summed E-state index contributed by atoms with van der Waals surface area (Å²) < 4.78 is 13.2. The summed E-state index contributed by atoms with van der Waals surface area (Å²) >= 11 is 0. The first-order valence-electron chi connectivity index (χ1n) is 6.36. The van der Waals surface area contributed by atoms with Gasteiger partial charge in [-0.15, -0.1) is 12.3 Å². The zero-order chi connectivity index (χ0) is 13.8. The largest absolute Gasteiger partial charge is 0.334 e. The topological polar surface area (TPSA) is 46.3 Å². The summed E-state index contributed by atoms with van der Waals surface area (Å²) in [5.41, 5.74) is 6.54. The van der Waals surface area contributed by atoms with E-state index >= 15 is 0 Å². The standard InChI is InChI=1S/C15H17FN2O/c1-2-4-14(17)15(19)18(13-7-8-13)10-11-5-3-6-12(16)9-11/h1,3,5-6,9,13-14H,4,7-8,10,17H2. The number of terminal acetylenes is 1. The number of hydrogen-bond acceptors (Lipinski definition) is 2. The highest BCUT2D eigenvalue weighted by molar-refractivity contribution is 5.82. The van der Waals surface area contributed by atoms with Crippen LogP contribution in [0.1, 0.15) is 24.8 Å². The van der Waals surface area contributed by atoms with E-state index in [1.165, 1.54) is 12.1 Å². The Morgan fingerprint density at radius 2 is 2.32 bits per heavy atom. The van der Waals surface area contributed by atoms with E-state index in [1.54, 1.807) is 17.0 Å². The molecule has 1 fully saturated rings. The maximum Gasteiger partial charge on any atom is 0.241 e. The van der Waals surface area contributed by atoms with Crippen molar-refractivity contribution in [3.63, 3.8) is 0 Å². The van der Waals surface area contributed by atoms with Gasteiger partial charge < -0.3 is 10.6 Å². The summed E-state index contributed by atoms with van der Waals surface area (Å²) in [6, 6.07) is 5.82. The number of carbonyl (C=O) groups excluding carboxylic acids is 1. The van der Waals surface area contributed by atoms with E-state index in [1.807, 2.05) is 0 Å². The third-order valence-electron chi connectivity index (χ3n) is 3.17. The molecule has 0 aromatic heterocycles. The summed E-state index contributed by atoms with van der Waals surface area (Å²) in [5, 5.41) is 0. The molecule has 1 unspecified atom stereocenters. The Bertz CT molecular complexity index is 505. The zero-order valence-corrected chi connectivity index (χ0v) is 10.7. The number of rotatable bonds is 5. The molecule has 0 heterocycles. The van der Waals surface area contributed by atoms with Crippen LogP contribution in [0.2, 0.25) is 0 Å². The van der Waals surface area contributed by atoms with Gasteiger partial charge in [0.15, 0.2) is 0 Å². The molecule has 1 aliphatic rings. The predicted molar refractivity (Wildman–Crippen MR) is 71.4 cm³/mol. The third-order valence-corrected chi connectivity index (χ3v) is 3.17. The first-order valence-corrected chi connectivity index (χ1v) is 6.36. The molecule has 0 aliphatic heterocycles. The van der Waals surface area contributed by atoms with Gasteiger partial charge in [0.1, 0.15) is 5.82 Å². The molecule has 0 spiro atoms. The molecule has 1 atom stereocenters. The fourth-order valence-corrected chi connectivity index (χ4v) is 2.03. The van der Waals surface area contributed by atoms with Gasteiger partial charge in [-0.05, 0) is 30.5 Å². The van der Waals surface area contributed by atoms with E-state index in [0.29, 0.717) is 6.54 Å². The number of halogens is 1. The number of benzene rings is 1. The molecule has 19 heavy (non-hydrogen) atoms. The summed E-state index contributed by atoms with van der Waals surface area (Å²) in [6.45, 7) is 0.388. The van der Waals surface area contributed by atoms with Crippen LogP contribution in [0, 0.1) is 18.2 Å². The highest BCUT2D eigenvalue weighted by Gasteiger charge is 2.34. The van der Waals surface area contributed by atoms with Gasteiger partial charge in [-0.1, -0.05) is 12.1 Å². The van der Waals surface area contributed by atoms with Crippen LogP contribution < -0.4 is 5.73 Å². The molecule has 1 amide bonds. The van der Waals surface area contributed by atoms with Crippen molar-refractivity contribution in [3.05, 3.63) is 35.6 Å². The van der Waals surface area contributed by atoms with E-state index < -0.39 is 6.04 Å². The lowest BCUT2D eigenvalue weighted by Crippen LogP contribution is -2.44. The van der Waals surface area contributed by atoms with Gasteiger partial charge in [-0.2, -0.15) is 0 Å². The lowest BCUT2D eigenvalue weighted by molar-refractivity contribution is -0.133. The molecule has 1 aromatic carbocycles. The molecular weight excluding hydrogens is 243 g/mol. The Morgan fingerprint density at radius 1 is 1.58 bits per heavy atom. The van der Waals surface area contributed by atoms with Crippen LogP contribution in [0.4, 0.5) is 4.39 Å². The summed E-state index contributed by atoms with van der Waals surface area (Å²) in [7, 11) is 0. The Hall–Kier alpha value is -1.86. The molecule has 1 aromatic rings. The Morgan fingerprint density at radius 3 is 2.89 bits per heavy atom. The van der Waals surface area contributed by atoms with Crippen molar-refractivity contribution in [1.29, 1.82) is 0 Å². The van der Waals surface area contributed by atoms with E-state index in [2.05, 4.69) is 5.92 Å². The number of carbonyl (C=O) groups is 1. The van der Waals surface area contributed by atoms with Gasteiger partial charge in [0.2, 0.25) is 5.91 Å². The monoisotopic (exact) mass is 260 g/mol. The molecule has 1 aliphatic carbocycles. The van der Waals surface area contributed by atoms with E-state index in [0.717, 1.165) is 18.4 Å². The minimum absolute atomic E-state index is 0.148. The van der Waals surface area contributed by atoms with Crippen LogP contribution in [-0.2, 0) is 11.3 Å². The van der Waals surface area contributed by atoms with Gasteiger partial charge in [-0.25, -0.2) is 4.39 Å². The van der Waals surface area contributed by atoms with Crippen molar-refractivity contribution in [2.24, 2.45) is 5.73 Å². The van der Waals surface area contributed by atoms with Crippen LogP contribution in [0.5, 0.6) is 0 Å². The van der Waals surface area contributed by atoms with Crippen LogP contribution in [0.25, 0.3) is 0 Å². The second-order valence-corrected chi connectivity index (χ2v) is 4.84. The first kappa shape index (κ1) is 13.6. The fourth-order valence-electron chi connectivity index (χ4n) is 2.03. The Kier molecular flexibility index (Phi) is 4.18. The SMILES string of the molecule is C#CCC(N)C(=O)N(Cc1cccc(F)c1)C1CC1. The molecular formula is C15H17FN2O. The van der Waals surface area contributed by atoms with Crippen molar-refractivity contribution in [2.45, 2.75) is 37.9 Å². The number of nitrogens with zero attached hydrogens (tertiary/aromatic N) is 1. The van der Waals surface area contributed by atoms with Crippen LogP contribution in [-0.4, -0.2) is 22.9 Å². The first-order chi connectivity index (χ1) is 9.11. The number of amides is 1. The average Bonchev–Trinajstić information content (AvgIpc) is 3.20. The Labute approximate surface area is 112 Å². The molecule has 0 radical (unpaired) electrons. The number of hydrogen-bond donors (Lipinski definition) is 1. The smallest absolute Gasteiger partial charge is 0.241 e. The maximum absolute atomic E-state index is 13.2. The molecule has 0 saturated heterocycles. The predicted octanol–water partition coefficient (Wildman–Crippen LogP) is 1.67. The van der Waals surface area contributed by atoms with E-state index in [-0.39, 0.29) is 24.2 Å². The van der Waals surface area contributed by atoms with Crippen molar-refractivity contribution >= 4 is 5.91 Å². The fraction of sp³-hybridized carbons (Fsp3) is 0.400. The summed E-state index contributed by atoms with van der Waals surface area (Å²) in [4.78, 5) is 13.9. The molecule has 2 rings (SSSR count). The molecule has 1 saturated carbocycles. The molecule has 100 valence electrons. The van der Waals surface area contributed by atoms with Crippen LogP contribution in [0.3, 0.4) is 0 Å². The molecule has 4 heteroatoms. The van der Waals surface area contributed by atoms with Gasteiger partial charge >= 0.3 is 0 Å². The Balaban J connectivity index is 2.08. The van der Waals surface area contributed by atoms with Gasteiger partial charge in [0.05, 0.1) is 6.04 Å². The highest BCUT2D eigenvalue weighted by Crippen LogP contribution is 2.29. The van der Waals surface area contributed by atoms with Crippen molar-refractivity contribution in [3.8, 4) is 12.3 Å².